The minimum absolute atomic E-state index is 0.0416. The molecule has 1 amide bonds. The molecule has 1 aromatic carbocycles. The zero-order valence-corrected chi connectivity index (χ0v) is 12.4. The van der Waals surface area contributed by atoms with Crippen LogP contribution < -0.4 is 4.90 Å². The van der Waals surface area contributed by atoms with Crippen LogP contribution in [0.4, 0.5) is 5.69 Å². The Balaban J connectivity index is 1.93. The first-order chi connectivity index (χ1) is 9.98. The summed E-state index contributed by atoms with van der Waals surface area (Å²) in [7, 11) is -3.09. The molecule has 2 aliphatic heterocycles. The van der Waals surface area contributed by atoms with Gasteiger partial charge in [-0.25, -0.2) is 8.42 Å². The van der Waals surface area contributed by atoms with Crippen LogP contribution >= 0.6 is 0 Å². The van der Waals surface area contributed by atoms with Crippen molar-refractivity contribution >= 4 is 27.2 Å². The second-order valence-electron chi connectivity index (χ2n) is 5.63. The van der Waals surface area contributed by atoms with Crippen molar-refractivity contribution in [2.24, 2.45) is 5.92 Å². The summed E-state index contributed by atoms with van der Waals surface area (Å²) in [6, 6.07) is 7.07. The number of amides is 1. The summed E-state index contributed by atoms with van der Waals surface area (Å²) in [4.78, 5) is 26.3. The molecule has 1 atom stereocenters. The summed E-state index contributed by atoms with van der Waals surface area (Å²) < 4.78 is 23.1. The van der Waals surface area contributed by atoms with Crippen molar-refractivity contribution < 1.29 is 18.0 Å². The Morgan fingerprint density at radius 3 is 2.71 bits per heavy atom. The lowest BCUT2D eigenvalue weighted by Gasteiger charge is -2.25. The van der Waals surface area contributed by atoms with E-state index in [1.54, 1.807) is 29.2 Å². The second-order valence-corrected chi connectivity index (χ2v) is 7.86. The van der Waals surface area contributed by atoms with Gasteiger partial charge >= 0.3 is 0 Å². The normalized spacial score (nSPS) is 24.5. The number of para-hydroxylation sites is 1. The van der Waals surface area contributed by atoms with E-state index in [0.717, 1.165) is 0 Å². The standard InChI is InChI=1S/C15H17NO4S/c17-14-6-3-8-16(13-5-2-1-4-12(13)14)15(18)11-7-9-21(19,20)10-11/h1-2,4-5,11H,3,6-10H2. The summed E-state index contributed by atoms with van der Waals surface area (Å²) in [6.45, 7) is 0.470. The highest BCUT2D eigenvalue weighted by Gasteiger charge is 2.37. The highest BCUT2D eigenvalue weighted by Crippen LogP contribution is 2.29. The maximum Gasteiger partial charge on any atom is 0.231 e. The van der Waals surface area contributed by atoms with E-state index in [1.165, 1.54) is 0 Å². The van der Waals surface area contributed by atoms with Crippen molar-refractivity contribution in [3.63, 3.8) is 0 Å². The third-order valence-electron chi connectivity index (χ3n) is 4.13. The molecular weight excluding hydrogens is 290 g/mol. The van der Waals surface area contributed by atoms with Gasteiger partial charge in [-0.3, -0.25) is 9.59 Å². The van der Waals surface area contributed by atoms with Crippen LogP contribution in [-0.2, 0) is 14.6 Å². The molecule has 0 aromatic heterocycles. The fourth-order valence-corrected chi connectivity index (χ4v) is 4.77. The van der Waals surface area contributed by atoms with Gasteiger partial charge in [0.2, 0.25) is 5.91 Å². The molecule has 0 N–H and O–H groups in total. The molecule has 21 heavy (non-hydrogen) atoms. The fourth-order valence-electron chi connectivity index (χ4n) is 3.04. The van der Waals surface area contributed by atoms with Crippen LogP contribution in [0.25, 0.3) is 0 Å². The number of benzene rings is 1. The summed E-state index contributed by atoms with van der Waals surface area (Å²) in [5.74, 6) is -0.592. The number of hydrogen-bond donors (Lipinski definition) is 0. The second kappa shape index (κ2) is 5.26. The number of carbonyl (C=O) groups excluding carboxylic acids is 2. The monoisotopic (exact) mass is 307 g/mol. The predicted octanol–water partition coefficient (Wildman–Crippen LogP) is 1.43. The molecule has 0 spiro atoms. The van der Waals surface area contributed by atoms with Crippen molar-refractivity contribution in [3.05, 3.63) is 29.8 Å². The van der Waals surface area contributed by atoms with Crippen molar-refractivity contribution in [1.82, 2.24) is 0 Å². The van der Waals surface area contributed by atoms with Gasteiger partial charge in [-0.05, 0) is 25.0 Å². The molecule has 6 heteroatoms. The summed E-state index contributed by atoms with van der Waals surface area (Å²) in [6.07, 6.45) is 1.41. The van der Waals surface area contributed by atoms with Crippen LogP contribution in [0.1, 0.15) is 29.6 Å². The molecule has 3 rings (SSSR count). The lowest BCUT2D eigenvalue weighted by Crippen LogP contribution is -2.37. The van der Waals surface area contributed by atoms with Gasteiger partial charge in [0.1, 0.15) is 0 Å². The average Bonchev–Trinajstić information content (AvgIpc) is 2.74. The fraction of sp³-hybridized carbons (Fsp3) is 0.467. The molecule has 1 fully saturated rings. The van der Waals surface area contributed by atoms with E-state index in [2.05, 4.69) is 0 Å². The Morgan fingerprint density at radius 1 is 1.24 bits per heavy atom. The Labute approximate surface area is 123 Å². The van der Waals surface area contributed by atoms with Crippen molar-refractivity contribution in [3.8, 4) is 0 Å². The Bertz CT molecular complexity index is 695. The van der Waals surface area contributed by atoms with E-state index < -0.39 is 15.8 Å². The number of sulfone groups is 1. The minimum atomic E-state index is -3.09. The molecule has 2 heterocycles. The molecular formula is C15H17NO4S. The van der Waals surface area contributed by atoms with Crippen LogP contribution in [0.3, 0.4) is 0 Å². The minimum Gasteiger partial charge on any atom is -0.311 e. The molecule has 5 nitrogen and oxygen atoms in total. The largest absolute Gasteiger partial charge is 0.311 e. The van der Waals surface area contributed by atoms with E-state index in [1.807, 2.05) is 0 Å². The molecule has 2 aliphatic rings. The van der Waals surface area contributed by atoms with Gasteiger partial charge < -0.3 is 4.90 Å². The van der Waals surface area contributed by atoms with Crippen molar-refractivity contribution in [1.29, 1.82) is 0 Å². The van der Waals surface area contributed by atoms with Gasteiger partial charge in [0, 0.05) is 18.5 Å². The average molecular weight is 307 g/mol. The first kappa shape index (κ1) is 14.3. The van der Waals surface area contributed by atoms with E-state index >= 15 is 0 Å². The first-order valence-corrected chi connectivity index (χ1v) is 8.94. The van der Waals surface area contributed by atoms with Crippen molar-refractivity contribution in [2.45, 2.75) is 19.3 Å². The summed E-state index contributed by atoms with van der Waals surface area (Å²) in [5, 5.41) is 0. The van der Waals surface area contributed by atoms with E-state index in [9.17, 15) is 18.0 Å². The van der Waals surface area contributed by atoms with Gasteiger partial charge in [-0.2, -0.15) is 0 Å². The molecule has 1 aromatic rings. The van der Waals surface area contributed by atoms with E-state index in [0.29, 0.717) is 37.1 Å². The van der Waals surface area contributed by atoms with Crippen LogP contribution in [0.2, 0.25) is 0 Å². The number of hydrogen-bond acceptors (Lipinski definition) is 4. The summed E-state index contributed by atoms with van der Waals surface area (Å²) >= 11 is 0. The van der Waals surface area contributed by atoms with E-state index in [4.69, 9.17) is 0 Å². The molecule has 0 saturated carbocycles. The Hall–Kier alpha value is -1.69. The van der Waals surface area contributed by atoms with Gasteiger partial charge in [0.25, 0.3) is 0 Å². The number of fused-ring (bicyclic) bond motifs is 1. The lowest BCUT2D eigenvalue weighted by molar-refractivity contribution is -0.121. The maximum atomic E-state index is 12.7. The first-order valence-electron chi connectivity index (χ1n) is 7.12. The molecule has 1 saturated heterocycles. The lowest BCUT2D eigenvalue weighted by atomic mass is 10.0. The topological polar surface area (TPSA) is 71.5 Å². The Morgan fingerprint density at radius 2 is 2.00 bits per heavy atom. The van der Waals surface area contributed by atoms with Crippen LogP contribution in [-0.4, -0.2) is 38.2 Å². The van der Waals surface area contributed by atoms with Crippen LogP contribution in [0, 0.1) is 5.92 Å². The van der Waals surface area contributed by atoms with Gasteiger partial charge in [-0.15, -0.1) is 0 Å². The number of carbonyl (C=O) groups is 2. The molecule has 1 unspecified atom stereocenters. The smallest absolute Gasteiger partial charge is 0.231 e. The third kappa shape index (κ3) is 2.72. The van der Waals surface area contributed by atoms with Crippen molar-refractivity contribution in [2.75, 3.05) is 23.0 Å². The number of anilines is 1. The van der Waals surface area contributed by atoms with Crippen LogP contribution in [0.15, 0.2) is 24.3 Å². The number of rotatable bonds is 1. The molecule has 112 valence electrons. The quantitative estimate of drug-likeness (QED) is 0.787. The molecule has 0 radical (unpaired) electrons. The van der Waals surface area contributed by atoms with Gasteiger partial charge in [-0.1, -0.05) is 12.1 Å². The van der Waals surface area contributed by atoms with Crippen LogP contribution in [0.5, 0.6) is 0 Å². The zero-order valence-electron chi connectivity index (χ0n) is 11.6. The zero-order chi connectivity index (χ0) is 15.0. The SMILES string of the molecule is O=C1CCCN(C(=O)C2CCS(=O)(=O)C2)c2ccccc21. The van der Waals surface area contributed by atoms with E-state index in [-0.39, 0.29) is 23.2 Å². The third-order valence-corrected chi connectivity index (χ3v) is 5.90. The maximum absolute atomic E-state index is 12.7. The predicted molar refractivity (Wildman–Crippen MR) is 79.1 cm³/mol. The number of nitrogens with zero attached hydrogens (tertiary/aromatic N) is 1. The Kier molecular flexibility index (Phi) is 3.57. The van der Waals surface area contributed by atoms with Gasteiger partial charge in [0.05, 0.1) is 23.1 Å². The molecule has 0 bridgehead atoms. The number of ketones is 1. The molecule has 0 aliphatic carbocycles. The highest BCUT2D eigenvalue weighted by molar-refractivity contribution is 7.91. The highest BCUT2D eigenvalue weighted by atomic mass is 32.2. The van der Waals surface area contributed by atoms with Gasteiger partial charge in [0.15, 0.2) is 15.6 Å². The number of Topliss-reactive ketones (excluding diaryl/α,β-unsaturated/α-hetero) is 1. The summed E-state index contributed by atoms with van der Waals surface area (Å²) in [5.41, 5.74) is 1.18.